The van der Waals surface area contributed by atoms with Gasteiger partial charge in [-0.3, -0.25) is 13.9 Å². The normalized spacial score (nSPS) is 20.1. The largest absolute Gasteiger partial charge is 0.355 e. The summed E-state index contributed by atoms with van der Waals surface area (Å²) in [5.74, 6) is 1.48. The molecular weight excluding hydrogens is 188 g/mol. The number of rotatable bonds is 3. The van der Waals surface area contributed by atoms with Gasteiger partial charge in [-0.2, -0.15) is 0 Å². The van der Waals surface area contributed by atoms with Gasteiger partial charge in [-0.05, 0) is 6.92 Å². The van der Waals surface area contributed by atoms with E-state index in [4.69, 9.17) is 0 Å². The standard InChI is InChI=1S/C8H16N2O2S/c1-2-9-8(11)7-10-3-5-13(12)6-4-10/h2-7H2,1H3,(H,9,11). The van der Waals surface area contributed by atoms with Crippen molar-refractivity contribution in [1.82, 2.24) is 10.2 Å². The quantitative estimate of drug-likeness (QED) is 0.654. The molecule has 0 saturated carbocycles. The summed E-state index contributed by atoms with van der Waals surface area (Å²) in [6.07, 6.45) is 0. The van der Waals surface area contributed by atoms with E-state index in [0.717, 1.165) is 13.1 Å². The van der Waals surface area contributed by atoms with Gasteiger partial charge in [0.2, 0.25) is 5.91 Å². The second-order valence-corrected chi connectivity index (χ2v) is 4.77. The molecule has 0 bridgehead atoms. The molecule has 1 amide bonds. The molecule has 0 atom stereocenters. The van der Waals surface area contributed by atoms with Gasteiger partial charge in [0.15, 0.2) is 0 Å². The first kappa shape index (κ1) is 10.7. The molecule has 76 valence electrons. The van der Waals surface area contributed by atoms with Crippen molar-refractivity contribution >= 4 is 16.7 Å². The summed E-state index contributed by atoms with van der Waals surface area (Å²) in [6, 6.07) is 0. The highest BCUT2D eigenvalue weighted by Crippen LogP contribution is 1.98. The number of nitrogens with one attached hydrogen (secondary N) is 1. The molecule has 13 heavy (non-hydrogen) atoms. The minimum Gasteiger partial charge on any atom is -0.355 e. The average Bonchev–Trinajstić information content (AvgIpc) is 2.09. The van der Waals surface area contributed by atoms with Crippen molar-refractivity contribution in [3.05, 3.63) is 0 Å². The van der Waals surface area contributed by atoms with E-state index < -0.39 is 10.8 Å². The van der Waals surface area contributed by atoms with Crippen LogP contribution in [0.5, 0.6) is 0 Å². The first-order chi connectivity index (χ1) is 6.22. The summed E-state index contributed by atoms with van der Waals surface area (Å²) in [5, 5.41) is 2.75. The van der Waals surface area contributed by atoms with Crippen molar-refractivity contribution in [2.75, 3.05) is 37.7 Å². The zero-order chi connectivity index (χ0) is 9.68. The van der Waals surface area contributed by atoms with Gasteiger partial charge in [0, 0.05) is 41.9 Å². The molecule has 0 unspecified atom stereocenters. The topological polar surface area (TPSA) is 49.4 Å². The van der Waals surface area contributed by atoms with Crippen molar-refractivity contribution in [2.45, 2.75) is 6.92 Å². The molecule has 4 nitrogen and oxygen atoms in total. The van der Waals surface area contributed by atoms with E-state index in [9.17, 15) is 9.00 Å². The second-order valence-electron chi connectivity index (χ2n) is 3.08. The van der Waals surface area contributed by atoms with E-state index in [2.05, 4.69) is 5.32 Å². The van der Waals surface area contributed by atoms with Crippen LogP contribution in [0.2, 0.25) is 0 Å². The van der Waals surface area contributed by atoms with Gasteiger partial charge in [-0.1, -0.05) is 0 Å². The molecule has 1 saturated heterocycles. The Hall–Kier alpha value is -0.420. The third-order valence-corrected chi connectivity index (χ3v) is 3.29. The molecule has 5 heteroatoms. The van der Waals surface area contributed by atoms with E-state index in [-0.39, 0.29) is 5.91 Å². The van der Waals surface area contributed by atoms with Crippen LogP contribution < -0.4 is 5.32 Å². The Morgan fingerprint density at radius 2 is 2.08 bits per heavy atom. The monoisotopic (exact) mass is 204 g/mol. The molecule has 1 N–H and O–H groups in total. The highest BCUT2D eigenvalue weighted by atomic mass is 32.2. The van der Waals surface area contributed by atoms with Crippen molar-refractivity contribution in [3.63, 3.8) is 0 Å². The molecule has 1 aliphatic heterocycles. The zero-order valence-corrected chi connectivity index (χ0v) is 8.73. The van der Waals surface area contributed by atoms with Crippen LogP contribution in [0.3, 0.4) is 0 Å². The smallest absolute Gasteiger partial charge is 0.234 e. The third kappa shape index (κ3) is 3.87. The molecule has 0 aromatic heterocycles. The minimum absolute atomic E-state index is 0.0650. The van der Waals surface area contributed by atoms with Crippen molar-refractivity contribution < 1.29 is 9.00 Å². The van der Waals surface area contributed by atoms with Crippen LogP contribution >= 0.6 is 0 Å². The molecular formula is C8H16N2O2S. The van der Waals surface area contributed by atoms with Crippen LogP contribution in [0.15, 0.2) is 0 Å². The average molecular weight is 204 g/mol. The summed E-state index contributed by atoms with van der Waals surface area (Å²) in [7, 11) is -0.653. The van der Waals surface area contributed by atoms with Crippen molar-refractivity contribution in [2.24, 2.45) is 0 Å². The van der Waals surface area contributed by atoms with Gasteiger partial charge in [-0.15, -0.1) is 0 Å². The number of hydrogen-bond donors (Lipinski definition) is 1. The number of nitrogens with zero attached hydrogens (tertiary/aromatic N) is 1. The Morgan fingerprint density at radius 3 is 2.62 bits per heavy atom. The Balaban J connectivity index is 2.22. The molecule has 1 aliphatic rings. The predicted molar refractivity (Wildman–Crippen MR) is 53.0 cm³/mol. The van der Waals surface area contributed by atoms with Gasteiger partial charge in [0.1, 0.15) is 0 Å². The molecule has 0 aromatic rings. The van der Waals surface area contributed by atoms with E-state index in [0.29, 0.717) is 24.6 Å². The lowest BCUT2D eigenvalue weighted by molar-refractivity contribution is -0.122. The first-order valence-corrected chi connectivity index (χ1v) is 6.05. The van der Waals surface area contributed by atoms with Crippen LogP contribution in [0.1, 0.15) is 6.92 Å². The molecule has 0 radical (unpaired) electrons. The Bertz CT molecular complexity index is 198. The van der Waals surface area contributed by atoms with E-state index >= 15 is 0 Å². The summed E-state index contributed by atoms with van der Waals surface area (Å²) < 4.78 is 11.0. The van der Waals surface area contributed by atoms with Gasteiger partial charge in [0.25, 0.3) is 0 Å². The maximum atomic E-state index is 11.2. The van der Waals surface area contributed by atoms with Gasteiger partial charge in [0.05, 0.1) is 6.54 Å². The first-order valence-electron chi connectivity index (χ1n) is 4.56. The lowest BCUT2D eigenvalue weighted by Crippen LogP contribution is -2.43. The Kier molecular flexibility index (Phi) is 4.38. The number of hydrogen-bond acceptors (Lipinski definition) is 3. The molecule has 1 fully saturated rings. The fraction of sp³-hybridized carbons (Fsp3) is 0.875. The molecule has 0 aliphatic carbocycles. The summed E-state index contributed by atoms with van der Waals surface area (Å²) in [5.41, 5.74) is 0. The van der Waals surface area contributed by atoms with E-state index in [1.54, 1.807) is 0 Å². The lowest BCUT2D eigenvalue weighted by Gasteiger charge is -2.25. The van der Waals surface area contributed by atoms with Gasteiger partial charge >= 0.3 is 0 Å². The van der Waals surface area contributed by atoms with Crippen molar-refractivity contribution in [1.29, 1.82) is 0 Å². The fourth-order valence-corrected chi connectivity index (χ4v) is 2.42. The Morgan fingerprint density at radius 1 is 1.46 bits per heavy atom. The molecule has 0 aromatic carbocycles. The number of amides is 1. The van der Waals surface area contributed by atoms with Crippen LogP contribution in [-0.2, 0) is 15.6 Å². The van der Waals surface area contributed by atoms with Crippen LogP contribution in [-0.4, -0.2) is 52.7 Å². The summed E-state index contributed by atoms with van der Waals surface area (Å²) in [4.78, 5) is 13.2. The molecule has 1 rings (SSSR count). The fourth-order valence-electron chi connectivity index (χ4n) is 1.29. The minimum atomic E-state index is -0.653. The van der Waals surface area contributed by atoms with Crippen molar-refractivity contribution in [3.8, 4) is 0 Å². The zero-order valence-electron chi connectivity index (χ0n) is 7.91. The van der Waals surface area contributed by atoms with E-state index in [1.165, 1.54) is 0 Å². The highest BCUT2D eigenvalue weighted by Gasteiger charge is 2.16. The molecule has 0 spiro atoms. The number of likely N-dealkylation sites (N-methyl/N-ethyl adjacent to an activating group) is 1. The maximum absolute atomic E-state index is 11.2. The second kappa shape index (κ2) is 5.34. The predicted octanol–water partition coefficient (Wildman–Crippen LogP) is -0.813. The maximum Gasteiger partial charge on any atom is 0.234 e. The van der Waals surface area contributed by atoms with Gasteiger partial charge < -0.3 is 5.32 Å². The SMILES string of the molecule is CCNC(=O)CN1CCS(=O)CC1. The van der Waals surface area contributed by atoms with Crippen LogP contribution in [0.4, 0.5) is 0 Å². The lowest BCUT2D eigenvalue weighted by atomic mass is 10.4. The highest BCUT2D eigenvalue weighted by molar-refractivity contribution is 7.85. The Labute approximate surface area is 81.1 Å². The third-order valence-electron chi connectivity index (χ3n) is 2.01. The van der Waals surface area contributed by atoms with Gasteiger partial charge in [-0.25, -0.2) is 0 Å². The van der Waals surface area contributed by atoms with Crippen LogP contribution in [0, 0.1) is 0 Å². The number of carbonyl (C=O) groups excluding carboxylic acids is 1. The summed E-state index contributed by atoms with van der Waals surface area (Å²) in [6.45, 7) is 4.60. The van der Waals surface area contributed by atoms with E-state index in [1.807, 2.05) is 11.8 Å². The number of carbonyl (C=O) groups is 1. The summed E-state index contributed by atoms with van der Waals surface area (Å²) >= 11 is 0. The molecule has 1 heterocycles. The van der Waals surface area contributed by atoms with Crippen LogP contribution in [0.25, 0.3) is 0 Å².